The maximum Gasteiger partial charge on any atom is 0.0465 e. The van der Waals surface area contributed by atoms with Crippen LogP contribution in [0.1, 0.15) is 74.9 Å². The van der Waals surface area contributed by atoms with Crippen LogP contribution in [-0.2, 0) is 16.2 Å². The molecule has 0 atom stereocenters. The quantitative estimate of drug-likeness (QED) is 0.147. The van der Waals surface area contributed by atoms with E-state index in [2.05, 4.69) is 295 Å². The molecule has 0 fully saturated rings. The summed E-state index contributed by atoms with van der Waals surface area (Å²) in [6, 6.07) is 93.2. The molecule has 0 saturated heterocycles. The van der Waals surface area contributed by atoms with E-state index >= 15 is 0 Å². The van der Waals surface area contributed by atoms with E-state index in [9.17, 15) is 0 Å². The van der Waals surface area contributed by atoms with Crippen molar-refractivity contribution in [1.29, 1.82) is 0 Å². The Bertz CT molecular complexity index is 3890. The Labute approximate surface area is 448 Å². The van der Waals surface area contributed by atoms with Gasteiger partial charge in [0.1, 0.15) is 0 Å². The van der Waals surface area contributed by atoms with E-state index in [0.717, 1.165) is 17.1 Å². The highest BCUT2D eigenvalue weighted by Crippen LogP contribution is 2.56. The summed E-state index contributed by atoms with van der Waals surface area (Å²) in [6.07, 6.45) is 0. The molecule has 0 aromatic heterocycles. The largest absolute Gasteiger partial charge is 0.310 e. The van der Waals surface area contributed by atoms with Crippen LogP contribution in [0, 0.1) is 0 Å². The van der Waals surface area contributed by atoms with Gasteiger partial charge in [-0.2, -0.15) is 0 Å². The molecule has 0 unspecified atom stereocenters. The molecule has 0 heterocycles. The summed E-state index contributed by atoms with van der Waals surface area (Å²) >= 11 is 0. The maximum absolute atomic E-state index is 2.53. The van der Waals surface area contributed by atoms with Crippen LogP contribution in [0.5, 0.6) is 0 Å². The van der Waals surface area contributed by atoms with Crippen LogP contribution in [0.3, 0.4) is 0 Å². The standard InChI is InChI=1S/C75H59N/c1-73(2)67-42-55(50-20-14-9-15-21-50)30-36-61(67)64-39-33-58(45-70(64)73)76(59-34-40-65-62-37-31-56(43-68(62)74(3,4)71(65)46-59)53-26-22-51(23-27-53)48-16-10-7-11-17-48)60-35-41-66-63-38-32-57(44-69(63)75(5,6)72(66)47-60)54-28-24-52(25-29-54)49-18-12-8-13-19-49/h7-47H,1-6H3. The van der Waals surface area contributed by atoms with E-state index in [1.807, 2.05) is 0 Å². The molecule has 364 valence electrons. The first-order valence-electron chi connectivity index (χ1n) is 27.0. The predicted octanol–water partition coefficient (Wildman–Crippen LogP) is 20.4. The molecule has 0 saturated carbocycles. The van der Waals surface area contributed by atoms with Gasteiger partial charge in [-0.3, -0.25) is 0 Å². The number of benzene rings is 11. The first kappa shape index (κ1) is 45.8. The molecule has 3 aliphatic carbocycles. The van der Waals surface area contributed by atoms with E-state index in [0.29, 0.717) is 0 Å². The average Bonchev–Trinajstić information content (AvgIpc) is 4.08. The first-order valence-corrected chi connectivity index (χ1v) is 27.0. The fourth-order valence-corrected chi connectivity index (χ4v) is 13.2. The minimum absolute atomic E-state index is 0.209. The van der Waals surface area contributed by atoms with Gasteiger partial charge in [0.15, 0.2) is 0 Å². The van der Waals surface area contributed by atoms with Crippen LogP contribution in [0.25, 0.3) is 89.0 Å². The summed E-state index contributed by atoms with van der Waals surface area (Å²) in [4.78, 5) is 2.53. The van der Waals surface area contributed by atoms with Crippen molar-refractivity contribution in [2.45, 2.75) is 57.8 Å². The van der Waals surface area contributed by atoms with Gasteiger partial charge in [0.25, 0.3) is 0 Å². The lowest BCUT2D eigenvalue weighted by Gasteiger charge is -2.31. The number of hydrogen-bond acceptors (Lipinski definition) is 1. The Hall–Kier alpha value is -8.78. The van der Waals surface area contributed by atoms with E-state index in [1.165, 1.54) is 122 Å². The van der Waals surface area contributed by atoms with Gasteiger partial charge in [-0.05, 0) is 177 Å². The number of hydrogen-bond donors (Lipinski definition) is 0. The molecule has 76 heavy (non-hydrogen) atoms. The highest BCUT2D eigenvalue weighted by atomic mass is 15.1. The second kappa shape index (κ2) is 17.1. The normalized spacial score (nSPS) is 14.5. The Balaban J connectivity index is 0.860. The highest BCUT2D eigenvalue weighted by Gasteiger charge is 2.40. The molecule has 1 heteroatoms. The van der Waals surface area contributed by atoms with Gasteiger partial charge < -0.3 is 4.90 Å². The molecular formula is C75H59N. The summed E-state index contributed by atoms with van der Waals surface area (Å²) in [5, 5.41) is 0. The molecule has 11 aromatic rings. The summed E-state index contributed by atoms with van der Waals surface area (Å²) in [5.41, 5.74) is 31.2. The molecule has 1 nitrogen and oxygen atoms in total. The molecule has 14 rings (SSSR count). The van der Waals surface area contributed by atoms with Gasteiger partial charge in [-0.15, -0.1) is 0 Å². The van der Waals surface area contributed by atoms with E-state index in [1.54, 1.807) is 0 Å². The molecule has 0 N–H and O–H groups in total. The number of nitrogens with zero attached hydrogens (tertiary/aromatic N) is 1. The minimum Gasteiger partial charge on any atom is -0.310 e. The summed E-state index contributed by atoms with van der Waals surface area (Å²) in [7, 11) is 0. The molecule has 0 radical (unpaired) electrons. The second-order valence-electron chi connectivity index (χ2n) is 22.9. The zero-order valence-electron chi connectivity index (χ0n) is 44.1. The van der Waals surface area contributed by atoms with E-state index in [4.69, 9.17) is 0 Å². The van der Waals surface area contributed by atoms with Gasteiger partial charge in [0.05, 0.1) is 0 Å². The summed E-state index contributed by atoms with van der Waals surface area (Å²) in [5.74, 6) is 0. The smallest absolute Gasteiger partial charge is 0.0465 e. The molecule has 0 aliphatic heterocycles. The Morgan fingerprint density at radius 1 is 0.197 bits per heavy atom. The van der Waals surface area contributed by atoms with Crippen molar-refractivity contribution < 1.29 is 0 Å². The van der Waals surface area contributed by atoms with E-state index < -0.39 is 0 Å². The first-order chi connectivity index (χ1) is 36.9. The van der Waals surface area contributed by atoms with Crippen molar-refractivity contribution in [1.82, 2.24) is 0 Å². The Morgan fingerprint density at radius 2 is 0.395 bits per heavy atom. The van der Waals surface area contributed by atoms with Crippen LogP contribution < -0.4 is 4.90 Å². The third-order valence-corrected chi connectivity index (χ3v) is 17.5. The van der Waals surface area contributed by atoms with Gasteiger partial charge >= 0.3 is 0 Å². The van der Waals surface area contributed by atoms with Crippen LogP contribution in [0.4, 0.5) is 17.1 Å². The zero-order chi connectivity index (χ0) is 51.5. The van der Waals surface area contributed by atoms with Crippen LogP contribution >= 0.6 is 0 Å². The van der Waals surface area contributed by atoms with E-state index in [-0.39, 0.29) is 16.2 Å². The van der Waals surface area contributed by atoms with Gasteiger partial charge in [0, 0.05) is 33.3 Å². The molecule has 11 aromatic carbocycles. The van der Waals surface area contributed by atoms with Crippen molar-refractivity contribution >= 4 is 17.1 Å². The Morgan fingerprint density at radius 3 is 0.671 bits per heavy atom. The molecule has 0 bridgehead atoms. The SMILES string of the molecule is CC1(C)c2cc(-c3ccccc3)ccc2-c2ccc(N(c3ccc4c(c3)C(C)(C)c3cc(-c5ccc(-c6ccccc6)cc5)ccc3-4)c3ccc4c(c3)C(C)(C)c3cc(-c5ccc(-c6ccccc6)cc5)ccc3-4)cc21. The fourth-order valence-electron chi connectivity index (χ4n) is 13.2. The maximum atomic E-state index is 2.53. The van der Waals surface area contributed by atoms with Crippen molar-refractivity contribution in [2.75, 3.05) is 4.90 Å². The zero-order valence-corrected chi connectivity index (χ0v) is 44.1. The van der Waals surface area contributed by atoms with Crippen molar-refractivity contribution in [3.05, 3.63) is 282 Å². The van der Waals surface area contributed by atoms with Crippen molar-refractivity contribution in [3.8, 4) is 89.0 Å². The third-order valence-electron chi connectivity index (χ3n) is 17.5. The van der Waals surface area contributed by atoms with Crippen LogP contribution in [0.15, 0.2) is 249 Å². The summed E-state index contributed by atoms with van der Waals surface area (Å²) < 4.78 is 0. The molecule has 0 amide bonds. The lowest BCUT2D eigenvalue weighted by atomic mass is 9.80. The lowest BCUT2D eigenvalue weighted by molar-refractivity contribution is 0.659. The number of fused-ring (bicyclic) bond motifs is 9. The van der Waals surface area contributed by atoms with Gasteiger partial charge in [-0.25, -0.2) is 0 Å². The molecule has 0 spiro atoms. The van der Waals surface area contributed by atoms with Crippen LogP contribution in [0.2, 0.25) is 0 Å². The fraction of sp³-hybridized carbons (Fsp3) is 0.120. The number of anilines is 3. The minimum atomic E-state index is -0.231. The average molecular weight is 974 g/mol. The van der Waals surface area contributed by atoms with Crippen molar-refractivity contribution in [2.24, 2.45) is 0 Å². The second-order valence-corrected chi connectivity index (χ2v) is 22.9. The lowest BCUT2D eigenvalue weighted by Crippen LogP contribution is -2.19. The molecular weight excluding hydrogens is 915 g/mol. The highest BCUT2D eigenvalue weighted by molar-refractivity contribution is 5.92. The van der Waals surface area contributed by atoms with Gasteiger partial charge in [-0.1, -0.05) is 236 Å². The number of rotatable bonds is 8. The van der Waals surface area contributed by atoms with Crippen LogP contribution in [-0.4, -0.2) is 0 Å². The Kier molecular flexibility index (Phi) is 10.3. The topological polar surface area (TPSA) is 3.24 Å². The third kappa shape index (κ3) is 7.20. The van der Waals surface area contributed by atoms with Crippen molar-refractivity contribution in [3.63, 3.8) is 0 Å². The predicted molar refractivity (Wildman–Crippen MR) is 321 cm³/mol. The monoisotopic (exact) mass is 973 g/mol. The summed E-state index contributed by atoms with van der Waals surface area (Å²) in [6.45, 7) is 14.5. The molecule has 3 aliphatic rings. The van der Waals surface area contributed by atoms with Gasteiger partial charge in [0.2, 0.25) is 0 Å².